The van der Waals surface area contributed by atoms with Crippen molar-refractivity contribution in [1.82, 2.24) is 14.5 Å². The molecule has 0 aliphatic carbocycles. The number of aromatic nitrogens is 2. The van der Waals surface area contributed by atoms with Crippen LogP contribution in [-0.4, -0.2) is 30.5 Å². The van der Waals surface area contributed by atoms with Gasteiger partial charge in [0.1, 0.15) is 4.90 Å². The van der Waals surface area contributed by atoms with E-state index in [1.165, 1.54) is 22.0 Å². The molecule has 0 aromatic carbocycles. The Bertz CT molecular complexity index is 635. The van der Waals surface area contributed by atoms with E-state index in [9.17, 15) is 8.42 Å². The summed E-state index contributed by atoms with van der Waals surface area (Å²) in [5.74, 6) is 0.735. The molecule has 0 amide bonds. The number of hydrogen-bond donors (Lipinski definition) is 1. The molecular weight excluding hydrogens is 314 g/mol. The SMILES string of the molecule is C[C@@H](SCCNS(=O)(=O)c1cnn(C)c1)c1cccs1. The number of thioether (sulfide) groups is 1. The highest BCUT2D eigenvalue weighted by Crippen LogP contribution is 2.30. The zero-order valence-corrected chi connectivity index (χ0v) is 13.8. The van der Waals surface area contributed by atoms with Gasteiger partial charge in [-0.1, -0.05) is 6.07 Å². The lowest BCUT2D eigenvalue weighted by Crippen LogP contribution is -2.25. The van der Waals surface area contributed by atoms with Crippen molar-refractivity contribution < 1.29 is 8.42 Å². The van der Waals surface area contributed by atoms with E-state index in [-0.39, 0.29) is 4.90 Å². The van der Waals surface area contributed by atoms with Gasteiger partial charge in [-0.15, -0.1) is 11.3 Å². The topological polar surface area (TPSA) is 64.0 Å². The Morgan fingerprint density at radius 2 is 2.35 bits per heavy atom. The summed E-state index contributed by atoms with van der Waals surface area (Å²) in [6.45, 7) is 2.55. The highest BCUT2D eigenvalue weighted by Gasteiger charge is 2.15. The van der Waals surface area contributed by atoms with E-state index in [1.54, 1.807) is 30.1 Å². The summed E-state index contributed by atoms with van der Waals surface area (Å²) < 4.78 is 28.0. The minimum absolute atomic E-state index is 0.205. The van der Waals surface area contributed by atoms with Gasteiger partial charge >= 0.3 is 0 Å². The van der Waals surface area contributed by atoms with E-state index in [0.717, 1.165) is 5.75 Å². The average Bonchev–Trinajstić information content (AvgIpc) is 3.05. The van der Waals surface area contributed by atoms with Crippen LogP contribution in [0.1, 0.15) is 17.1 Å². The molecule has 0 bridgehead atoms. The van der Waals surface area contributed by atoms with E-state index in [2.05, 4.69) is 28.2 Å². The van der Waals surface area contributed by atoms with Gasteiger partial charge in [-0.3, -0.25) is 4.68 Å². The van der Waals surface area contributed by atoms with Crippen LogP contribution in [0.15, 0.2) is 34.8 Å². The monoisotopic (exact) mass is 331 g/mol. The molecule has 1 N–H and O–H groups in total. The Balaban J connectivity index is 1.78. The maximum Gasteiger partial charge on any atom is 0.243 e. The van der Waals surface area contributed by atoms with Crippen molar-refractivity contribution in [3.8, 4) is 0 Å². The fourth-order valence-electron chi connectivity index (χ4n) is 1.64. The smallest absolute Gasteiger partial charge is 0.243 e. The molecule has 110 valence electrons. The minimum Gasteiger partial charge on any atom is -0.274 e. The first kappa shape index (κ1) is 15.6. The van der Waals surface area contributed by atoms with Gasteiger partial charge in [0.25, 0.3) is 0 Å². The third kappa shape index (κ3) is 4.08. The van der Waals surface area contributed by atoms with Crippen molar-refractivity contribution in [2.45, 2.75) is 17.1 Å². The standard InChI is InChI=1S/C12H17N3O2S3/c1-10(12-4-3-6-19-12)18-7-5-14-20(16,17)11-8-13-15(2)9-11/h3-4,6,8-10,14H,5,7H2,1-2H3/t10-/m1/s1. The number of hydrogen-bond acceptors (Lipinski definition) is 5. The van der Waals surface area contributed by atoms with E-state index in [0.29, 0.717) is 11.8 Å². The Kier molecular flexibility index (Phi) is 5.25. The van der Waals surface area contributed by atoms with Crippen LogP contribution in [0.2, 0.25) is 0 Å². The number of nitrogens with zero attached hydrogens (tertiary/aromatic N) is 2. The van der Waals surface area contributed by atoms with Gasteiger partial charge in [-0.2, -0.15) is 16.9 Å². The molecule has 5 nitrogen and oxygen atoms in total. The van der Waals surface area contributed by atoms with Crippen molar-refractivity contribution >= 4 is 33.1 Å². The number of sulfonamides is 1. The number of rotatable bonds is 7. The zero-order valence-electron chi connectivity index (χ0n) is 11.3. The molecule has 0 fully saturated rings. The van der Waals surface area contributed by atoms with Gasteiger partial charge < -0.3 is 0 Å². The fourth-order valence-corrected chi connectivity index (χ4v) is 4.63. The molecule has 2 aromatic rings. The summed E-state index contributed by atoms with van der Waals surface area (Å²) in [4.78, 5) is 1.52. The molecule has 0 unspecified atom stereocenters. The van der Waals surface area contributed by atoms with Crippen molar-refractivity contribution in [3.63, 3.8) is 0 Å². The molecule has 2 rings (SSSR count). The summed E-state index contributed by atoms with van der Waals surface area (Å²) >= 11 is 3.46. The highest BCUT2D eigenvalue weighted by molar-refractivity contribution is 7.99. The van der Waals surface area contributed by atoms with Crippen LogP contribution >= 0.6 is 23.1 Å². The molecular formula is C12H17N3O2S3. The largest absolute Gasteiger partial charge is 0.274 e. The molecule has 0 saturated heterocycles. The zero-order chi connectivity index (χ0) is 14.6. The minimum atomic E-state index is -3.44. The van der Waals surface area contributed by atoms with Crippen molar-refractivity contribution in [2.75, 3.05) is 12.3 Å². The second kappa shape index (κ2) is 6.75. The summed E-state index contributed by atoms with van der Waals surface area (Å²) in [5, 5.41) is 6.31. The van der Waals surface area contributed by atoms with Crippen molar-refractivity contribution in [1.29, 1.82) is 0 Å². The van der Waals surface area contributed by atoms with E-state index < -0.39 is 10.0 Å². The molecule has 2 heterocycles. The van der Waals surface area contributed by atoms with Gasteiger partial charge in [0, 0.05) is 35.7 Å². The Labute approximate surface area is 127 Å². The summed E-state index contributed by atoms with van der Waals surface area (Å²) in [5.41, 5.74) is 0. The maximum absolute atomic E-state index is 11.9. The van der Waals surface area contributed by atoms with E-state index in [1.807, 2.05) is 6.07 Å². The van der Waals surface area contributed by atoms with Crippen LogP contribution in [0.4, 0.5) is 0 Å². The highest BCUT2D eigenvalue weighted by atomic mass is 32.2. The molecule has 2 aromatic heterocycles. The molecule has 0 saturated carbocycles. The van der Waals surface area contributed by atoms with Gasteiger partial charge in [0.15, 0.2) is 0 Å². The van der Waals surface area contributed by atoms with Crippen LogP contribution in [-0.2, 0) is 17.1 Å². The lowest BCUT2D eigenvalue weighted by atomic mass is 10.4. The van der Waals surface area contributed by atoms with Crippen LogP contribution in [0, 0.1) is 0 Å². The number of nitrogens with one attached hydrogen (secondary N) is 1. The molecule has 8 heteroatoms. The van der Waals surface area contributed by atoms with Crippen molar-refractivity contribution in [3.05, 3.63) is 34.8 Å². The molecule has 0 aliphatic heterocycles. The van der Waals surface area contributed by atoms with E-state index in [4.69, 9.17) is 0 Å². The second-order valence-electron chi connectivity index (χ2n) is 4.28. The molecule has 0 radical (unpaired) electrons. The maximum atomic E-state index is 11.9. The molecule has 20 heavy (non-hydrogen) atoms. The van der Waals surface area contributed by atoms with Crippen molar-refractivity contribution in [2.24, 2.45) is 7.05 Å². The normalized spacial score (nSPS) is 13.5. The third-order valence-corrected chi connectivity index (χ3v) is 6.51. The Morgan fingerprint density at radius 1 is 1.55 bits per heavy atom. The number of thiophene rings is 1. The first-order valence-corrected chi connectivity index (χ1v) is 9.53. The second-order valence-corrected chi connectivity index (χ2v) is 8.47. The van der Waals surface area contributed by atoms with E-state index >= 15 is 0 Å². The van der Waals surface area contributed by atoms with Gasteiger partial charge in [0.05, 0.1) is 6.20 Å². The van der Waals surface area contributed by atoms with Crippen LogP contribution in [0.25, 0.3) is 0 Å². The predicted octanol–water partition coefficient (Wildman–Crippen LogP) is 2.25. The predicted molar refractivity (Wildman–Crippen MR) is 83.6 cm³/mol. The molecule has 0 aliphatic rings. The van der Waals surface area contributed by atoms with Gasteiger partial charge in [-0.25, -0.2) is 13.1 Å². The van der Waals surface area contributed by atoms with Gasteiger partial charge in [-0.05, 0) is 18.4 Å². The Hall–Kier alpha value is -0.830. The quantitative estimate of drug-likeness (QED) is 0.791. The lowest BCUT2D eigenvalue weighted by Gasteiger charge is -2.09. The summed E-state index contributed by atoms with van der Waals surface area (Å²) in [7, 11) is -1.74. The fraction of sp³-hybridized carbons (Fsp3) is 0.417. The molecule has 1 atom stereocenters. The van der Waals surface area contributed by atoms with Crippen LogP contribution in [0.3, 0.4) is 0 Å². The third-order valence-electron chi connectivity index (χ3n) is 2.70. The first-order valence-electron chi connectivity index (χ1n) is 6.12. The first-order chi connectivity index (χ1) is 9.49. The van der Waals surface area contributed by atoms with Gasteiger partial charge in [0.2, 0.25) is 10.0 Å². The summed E-state index contributed by atoms with van der Waals surface area (Å²) in [6.07, 6.45) is 2.84. The van der Waals surface area contributed by atoms with Crippen LogP contribution in [0.5, 0.6) is 0 Å². The number of aryl methyl sites for hydroxylation is 1. The molecule has 0 spiro atoms. The summed E-state index contributed by atoms with van der Waals surface area (Å²) in [6, 6.07) is 4.13. The van der Waals surface area contributed by atoms with Crippen LogP contribution < -0.4 is 4.72 Å². The lowest BCUT2D eigenvalue weighted by molar-refractivity contribution is 0.584. The Morgan fingerprint density at radius 3 is 2.95 bits per heavy atom. The average molecular weight is 331 g/mol.